The fraction of sp³-hybridized carbons (Fsp3) is 0.316. The van der Waals surface area contributed by atoms with E-state index in [2.05, 4.69) is 4.72 Å². The van der Waals surface area contributed by atoms with Crippen molar-refractivity contribution >= 4 is 38.9 Å². The molecule has 6 nitrogen and oxygen atoms in total. The van der Waals surface area contributed by atoms with E-state index in [9.17, 15) is 13.2 Å². The van der Waals surface area contributed by atoms with Crippen molar-refractivity contribution in [3.63, 3.8) is 0 Å². The highest BCUT2D eigenvalue weighted by atomic mass is 35.5. The van der Waals surface area contributed by atoms with Gasteiger partial charge in [-0.1, -0.05) is 23.7 Å². The normalized spacial score (nSPS) is 16.3. The lowest BCUT2D eigenvalue weighted by molar-refractivity contribution is -0.127. The predicted molar refractivity (Wildman–Crippen MR) is 106 cm³/mol. The quantitative estimate of drug-likeness (QED) is 0.832. The number of ether oxygens (including phenoxy) is 1. The Labute approximate surface area is 164 Å². The van der Waals surface area contributed by atoms with Crippen molar-refractivity contribution in [1.29, 1.82) is 0 Å². The molecule has 1 N–H and O–H groups in total. The third-order valence-corrected chi connectivity index (χ3v) is 6.24. The molecule has 0 fully saturated rings. The van der Waals surface area contributed by atoms with E-state index in [1.165, 1.54) is 12.1 Å². The van der Waals surface area contributed by atoms with E-state index in [0.717, 1.165) is 0 Å². The van der Waals surface area contributed by atoms with Crippen LogP contribution < -0.4 is 14.4 Å². The summed E-state index contributed by atoms with van der Waals surface area (Å²) in [7, 11) is -3.87. The smallest absolute Gasteiger partial charge is 0.263 e. The molecule has 1 heterocycles. The second-order valence-corrected chi connectivity index (χ2v) is 9.00. The van der Waals surface area contributed by atoms with E-state index < -0.39 is 15.4 Å². The number of anilines is 2. The number of halogens is 1. The third kappa shape index (κ3) is 3.75. The summed E-state index contributed by atoms with van der Waals surface area (Å²) in [5.74, 6) is 0.464. The van der Waals surface area contributed by atoms with Crippen LogP contribution in [0.4, 0.5) is 11.4 Å². The van der Waals surface area contributed by atoms with Crippen molar-refractivity contribution in [3.05, 3.63) is 47.5 Å². The average Bonchev–Trinajstić information content (AvgIpc) is 2.70. The number of fused-ring (bicyclic) bond motifs is 1. The van der Waals surface area contributed by atoms with Crippen LogP contribution in [0.2, 0.25) is 5.02 Å². The third-order valence-electron chi connectivity index (χ3n) is 4.36. The molecule has 0 saturated carbocycles. The minimum absolute atomic E-state index is 0.0117. The largest absolute Gasteiger partial charge is 0.490 e. The number of hydrogen-bond acceptors (Lipinski definition) is 4. The molecule has 8 heteroatoms. The van der Waals surface area contributed by atoms with Crippen molar-refractivity contribution in [3.8, 4) is 5.75 Å². The first-order chi connectivity index (χ1) is 12.7. The van der Waals surface area contributed by atoms with Gasteiger partial charge in [-0.2, -0.15) is 0 Å². The maximum Gasteiger partial charge on any atom is 0.263 e. The average molecular weight is 409 g/mol. The van der Waals surface area contributed by atoms with Gasteiger partial charge in [0.25, 0.3) is 10.0 Å². The summed E-state index contributed by atoms with van der Waals surface area (Å²) >= 11 is 6.02. The molecule has 144 valence electrons. The highest BCUT2D eigenvalue weighted by Crippen LogP contribution is 2.38. The van der Waals surface area contributed by atoms with Crippen LogP contribution in [0.5, 0.6) is 5.75 Å². The maximum absolute atomic E-state index is 12.8. The van der Waals surface area contributed by atoms with Gasteiger partial charge in [0.1, 0.15) is 17.3 Å². The van der Waals surface area contributed by atoms with Crippen molar-refractivity contribution in [2.75, 3.05) is 22.8 Å². The number of rotatable bonds is 4. The van der Waals surface area contributed by atoms with Gasteiger partial charge in [0, 0.05) is 6.54 Å². The lowest BCUT2D eigenvalue weighted by Gasteiger charge is -2.27. The number of carbonyl (C=O) groups excluding carboxylic acids is 1. The molecule has 0 atom stereocenters. The van der Waals surface area contributed by atoms with Crippen LogP contribution in [-0.2, 0) is 14.8 Å². The van der Waals surface area contributed by atoms with Crippen LogP contribution in [-0.4, -0.2) is 27.5 Å². The molecular weight excluding hydrogens is 388 g/mol. The minimum atomic E-state index is -3.87. The summed E-state index contributed by atoms with van der Waals surface area (Å²) in [6.07, 6.45) is 0. The van der Waals surface area contributed by atoms with Crippen LogP contribution in [0.1, 0.15) is 20.8 Å². The molecule has 2 aromatic carbocycles. The minimum Gasteiger partial charge on any atom is -0.490 e. The van der Waals surface area contributed by atoms with Crippen molar-refractivity contribution in [2.45, 2.75) is 25.7 Å². The zero-order valence-corrected chi connectivity index (χ0v) is 16.9. The summed E-state index contributed by atoms with van der Waals surface area (Å²) in [5.41, 5.74) is 0.183. The number of nitrogens with one attached hydrogen (secondary N) is 1. The van der Waals surface area contributed by atoms with Gasteiger partial charge in [-0.3, -0.25) is 9.52 Å². The molecule has 1 amide bonds. The van der Waals surface area contributed by atoms with Crippen LogP contribution in [0.15, 0.2) is 47.4 Å². The summed E-state index contributed by atoms with van der Waals surface area (Å²) in [6, 6.07) is 11.1. The van der Waals surface area contributed by atoms with Gasteiger partial charge in [0.2, 0.25) is 5.91 Å². The van der Waals surface area contributed by atoms with Gasteiger partial charge in [0.05, 0.1) is 21.8 Å². The molecule has 1 aliphatic rings. The molecule has 0 radical (unpaired) electrons. The molecule has 1 aliphatic heterocycles. The predicted octanol–water partition coefficient (Wildman–Crippen LogP) is 3.91. The molecule has 0 aromatic heterocycles. The topological polar surface area (TPSA) is 75.7 Å². The Balaban J connectivity index is 1.99. The van der Waals surface area contributed by atoms with Gasteiger partial charge in [-0.15, -0.1) is 0 Å². The standard InChI is InChI=1S/C19H21ClN2O4S/c1-4-22-15-11-13(9-10-16(15)26-12-19(2,3)18(22)23)21-27(24,25)17-8-6-5-7-14(17)20/h5-11,21H,4,12H2,1-3H3. The molecule has 0 saturated heterocycles. The van der Waals surface area contributed by atoms with Crippen LogP contribution in [0.25, 0.3) is 0 Å². The number of nitrogens with zero attached hydrogens (tertiary/aromatic N) is 1. The fourth-order valence-corrected chi connectivity index (χ4v) is 4.47. The summed E-state index contributed by atoms with van der Waals surface area (Å²) in [5, 5.41) is 0.134. The summed E-state index contributed by atoms with van der Waals surface area (Å²) in [6.45, 7) is 6.21. The second-order valence-electron chi connectivity index (χ2n) is 6.94. The molecule has 3 rings (SSSR count). The SMILES string of the molecule is CCN1C(=O)C(C)(C)COc2ccc(NS(=O)(=O)c3ccccc3Cl)cc21. The van der Waals surface area contributed by atoms with Gasteiger partial charge in [-0.25, -0.2) is 8.42 Å². The van der Waals surface area contributed by atoms with E-state index in [-0.39, 0.29) is 22.4 Å². The molecule has 2 aromatic rings. The first kappa shape index (κ1) is 19.5. The van der Waals surface area contributed by atoms with Crippen molar-refractivity contribution < 1.29 is 17.9 Å². The van der Waals surface area contributed by atoms with E-state index in [1.54, 1.807) is 35.2 Å². The Morgan fingerprint density at radius 3 is 2.59 bits per heavy atom. The lowest BCUT2D eigenvalue weighted by atomic mass is 9.93. The van der Waals surface area contributed by atoms with Crippen LogP contribution >= 0.6 is 11.6 Å². The number of sulfonamides is 1. The van der Waals surface area contributed by atoms with E-state index >= 15 is 0 Å². The zero-order valence-electron chi connectivity index (χ0n) is 15.3. The Kier molecular flexibility index (Phi) is 5.10. The van der Waals surface area contributed by atoms with Gasteiger partial charge < -0.3 is 9.64 Å². The number of carbonyl (C=O) groups is 1. The Bertz CT molecular complexity index is 989. The van der Waals surface area contributed by atoms with E-state index in [1.807, 2.05) is 20.8 Å². The molecule has 27 heavy (non-hydrogen) atoms. The summed E-state index contributed by atoms with van der Waals surface area (Å²) < 4.78 is 33.7. The first-order valence-electron chi connectivity index (χ1n) is 8.52. The first-order valence-corrected chi connectivity index (χ1v) is 10.4. The van der Waals surface area contributed by atoms with Crippen LogP contribution in [0.3, 0.4) is 0 Å². The van der Waals surface area contributed by atoms with Gasteiger partial charge in [-0.05, 0) is 51.1 Å². The fourth-order valence-electron chi connectivity index (χ4n) is 2.90. The lowest BCUT2D eigenvalue weighted by Crippen LogP contribution is -2.42. The van der Waals surface area contributed by atoms with Crippen molar-refractivity contribution in [1.82, 2.24) is 0 Å². The number of benzene rings is 2. The molecule has 0 bridgehead atoms. The van der Waals surface area contributed by atoms with Gasteiger partial charge in [0.15, 0.2) is 0 Å². The van der Waals surface area contributed by atoms with Gasteiger partial charge >= 0.3 is 0 Å². The van der Waals surface area contributed by atoms with Crippen LogP contribution in [0, 0.1) is 5.41 Å². The molecule has 0 spiro atoms. The molecule has 0 aliphatic carbocycles. The van der Waals surface area contributed by atoms with E-state index in [0.29, 0.717) is 23.7 Å². The number of hydrogen-bond donors (Lipinski definition) is 1. The number of amides is 1. The van der Waals surface area contributed by atoms with E-state index in [4.69, 9.17) is 16.3 Å². The highest BCUT2D eigenvalue weighted by Gasteiger charge is 2.37. The molecular formula is C19H21ClN2O4S. The van der Waals surface area contributed by atoms with Crippen molar-refractivity contribution in [2.24, 2.45) is 5.41 Å². The highest BCUT2D eigenvalue weighted by molar-refractivity contribution is 7.92. The second kappa shape index (κ2) is 7.05. The maximum atomic E-state index is 12.8. The monoisotopic (exact) mass is 408 g/mol. The Hall–Kier alpha value is -2.25. The Morgan fingerprint density at radius 2 is 1.93 bits per heavy atom. The zero-order chi connectivity index (χ0) is 19.8. The molecule has 0 unspecified atom stereocenters. The summed E-state index contributed by atoms with van der Waals surface area (Å²) in [4.78, 5) is 14.4. The Morgan fingerprint density at radius 1 is 1.22 bits per heavy atom.